The summed E-state index contributed by atoms with van der Waals surface area (Å²) in [5.41, 5.74) is 2.41. The summed E-state index contributed by atoms with van der Waals surface area (Å²) in [7, 11) is 0. The maximum Gasteiger partial charge on any atom is 0.251 e. The smallest absolute Gasteiger partial charge is 0.251 e. The van der Waals surface area contributed by atoms with Crippen molar-refractivity contribution in [2.24, 2.45) is 0 Å². The summed E-state index contributed by atoms with van der Waals surface area (Å²) >= 11 is 2.93. The molecule has 23 heavy (non-hydrogen) atoms. The summed E-state index contributed by atoms with van der Waals surface area (Å²) in [5.74, 6) is 1.73. The van der Waals surface area contributed by atoms with Crippen LogP contribution in [0.2, 0.25) is 0 Å². The lowest BCUT2D eigenvalue weighted by atomic mass is 10.2. The topological polar surface area (TPSA) is 74.8 Å². The first kappa shape index (κ1) is 17.6. The Morgan fingerprint density at radius 1 is 1.35 bits per heavy atom. The molecule has 0 bridgehead atoms. The third-order valence-electron chi connectivity index (χ3n) is 2.87. The van der Waals surface area contributed by atoms with Crippen LogP contribution in [0.15, 0.2) is 40.3 Å². The lowest BCUT2D eigenvalue weighted by Gasteiger charge is -2.06. The van der Waals surface area contributed by atoms with E-state index in [1.54, 1.807) is 11.8 Å². The normalized spacial score (nSPS) is 10.5. The molecule has 0 saturated carbocycles. The molecule has 0 fully saturated rings. The van der Waals surface area contributed by atoms with Gasteiger partial charge < -0.3 is 10.3 Å². The minimum atomic E-state index is -0.187. The molecule has 122 valence electrons. The first-order valence-corrected chi connectivity index (χ1v) is 9.38. The van der Waals surface area contributed by atoms with Crippen LogP contribution in [0.1, 0.15) is 18.2 Å². The number of rotatable bonds is 7. The number of benzene rings is 1. The van der Waals surface area contributed by atoms with E-state index in [0.717, 1.165) is 22.7 Å². The number of hydrogen-bond donors (Lipinski definition) is 2. The monoisotopic (exact) mass is 349 g/mol. The molecule has 7 heteroatoms. The average Bonchev–Trinajstić information content (AvgIpc) is 2.50. The number of amides is 1. The van der Waals surface area contributed by atoms with Gasteiger partial charge in [0.15, 0.2) is 5.16 Å². The molecule has 2 N–H and O–H groups in total. The van der Waals surface area contributed by atoms with E-state index in [1.807, 2.05) is 31.2 Å². The van der Waals surface area contributed by atoms with E-state index in [0.29, 0.717) is 10.9 Å². The van der Waals surface area contributed by atoms with Gasteiger partial charge in [-0.2, -0.15) is 11.8 Å². The van der Waals surface area contributed by atoms with Crippen LogP contribution < -0.4 is 10.9 Å². The highest BCUT2D eigenvalue weighted by Gasteiger charge is 2.07. The molecule has 0 aliphatic heterocycles. The van der Waals surface area contributed by atoms with Crippen LogP contribution in [-0.2, 0) is 10.5 Å². The number of nitrogens with one attached hydrogen (secondary N) is 2. The molecule has 0 aliphatic rings. The number of aryl methyl sites for hydroxylation is 1. The third-order valence-corrected chi connectivity index (χ3v) is 4.65. The number of carbonyl (C=O) groups excluding carboxylic acids is 1. The van der Waals surface area contributed by atoms with E-state index in [4.69, 9.17) is 0 Å². The zero-order valence-electron chi connectivity index (χ0n) is 13.1. The largest absolute Gasteiger partial charge is 0.325 e. The van der Waals surface area contributed by atoms with Crippen molar-refractivity contribution in [3.8, 4) is 0 Å². The van der Waals surface area contributed by atoms with Crippen molar-refractivity contribution >= 4 is 35.1 Å². The van der Waals surface area contributed by atoms with Crippen LogP contribution in [0.3, 0.4) is 0 Å². The summed E-state index contributed by atoms with van der Waals surface area (Å²) in [6.07, 6.45) is 0. The fraction of sp³-hybridized carbons (Fsp3) is 0.312. The number of carbonyl (C=O) groups is 1. The highest BCUT2D eigenvalue weighted by molar-refractivity contribution is 7.99. The molecule has 0 spiro atoms. The zero-order chi connectivity index (χ0) is 16.7. The Balaban J connectivity index is 1.93. The average molecular weight is 349 g/mol. The van der Waals surface area contributed by atoms with Gasteiger partial charge in [-0.25, -0.2) is 4.98 Å². The molecule has 0 aliphatic carbocycles. The lowest BCUT2D eigenvalue weighted by molar-refractivity contribution is -0.113. The Morgan fingerprint density at radius 2 is 2.17 bits per heavy atom. The maximum absolute atomic E-state index is 12.0. The number of nitrogens with zero attached hydrogens (tertiary/aromatic N) is 1. The lowest BCUT2D eigenvalue weighted by Crippen LogP contribution is -2.15. The van der Waals surface area contributed by atoms with Crippen molar-refractivity contribution < 1.29 is 4.79 Å². The van der Waals surface area contributed by atoms with Crippen molar-refractivity contribution in [1.29, 1.82) is 0 Å². The summed E-state index contributed by atoms with van der Waals surface area (Å²) in [5, 5.41) is 3.31. The van der Waals surface area contributed by atoms with Gasteiger partial charge in [0, 0.05) is 17.5 Å². The molecular formula is C16H19N3O2S2. The van der Waals surface area contributed by atoms with Crippen molar-refractivity contribution in [3.63, 3.8) is 0 Å². The van der Waals surface area contributed by atoms with Crippen molar-refractivity contribution in [1.82, 2.24) is 9.97 Å². The van der Waals surface area contributed by atoms with E-state index in [-0.39, 0.29) is 17.2 Å². The molecule has 2 rings (SSSR count). The highest BCUT2D eigenvalue weighted by atomic mass is 32.2. The van der Waals surface area contributed by atoms with E-state index in [9.17, 15) is 9.59 Å². The molecule has 0 unspecified atom stereocenters. The second kappa shape index (κ2) is 8.79. The third kappa shape index (κ3) is 6.11. The number of anilines is 1. The molecule has 0 radical (unpaired) electrons. The Hall–Kier alpha value is -1.73. The van der Waals surface area contributed by atoms with E-state index in [2.05, 4.69) is 22.2 Å². The number of H-pyrrole nitrogens is 1. The molecule has 0 atom stereocenters. The minimum absolute atomic E-state index is 0.128. The van der Waals surface area contributed by atoms with Gasteiger partial charge in [-0.05, 0) is 30.4 Å². The minimum Gasteiger partial charge on any atom is -0.325 e. The molecule has 5 nitrogen and oxygen atoms in total. The van der Waals surface area contributed by atoms with Crippen molar-refractivity contribution in [2.75, 3.05) is 16.8 Å². The standard InChI is InChI=1S/C16H19N3O2S2/c1-3-22-9-13-8-14(20)19-16(18-13)23-10-15(21)17-12-6-4-5-11(2)7-12/h4-8H,3,9-10H2,1-2H3,(H,17,21)(H,18,19,20). The van der Waals surface area contributed by atoms with E-state index >= 15 is 0 Å². The van der Waals surface area contributed by atoms with Gasteiger partial charge in [0.1, 0.15) is 0 Å². The molecule has 1 aromatic carbocycles. The van der Waals surface area contributed by atoms with Gasteiger partial charge in [-0.15, -0.1) is 0 Å². The van der Waals surface area contributed by atoms with E-state index in [1.165, 1.54) is 17.8 Å². The van der Waals surface area contributed by atoms with Crippen LogP contribution in [0, 0.1) is 6.92 Å². The SMILES string of the molecule is CCSCc1cc(=O)[nH]c(SCC(=O)Nc2cccc(C)c2)n1. The summed E-state index contributed by atoms with van der Waals surface area (Å²) < 4.78 is 0. The van der Waals surface area contributed by atoms with Gasteiger partial charge in [-0.3, -0.25) is 9.59 Å². The maximum atomic E-state index is 12.0. The van der Waals surface area contributed by atoms with Gasteiger partial charge in [0.2, 0.25) is 5.91 Å². The Bertz CT molecular complexity index is 731. The summed E-state index contributed by atoms with van der Waals surface area (Å²) in [6, 6.07) is 9.12. The molecule has 1 amide bonds. The van der Waals surface area contributed by atoms with E-state index < -0.39 is 0 Å². The second-order valence-electron chi connectivity index (χ2n) is 4.89. The van der Waals surface area contributed by atoms with Crippen molar-refractivity contribution in [2.45, 2.75) is 24.8 Å². The van der Waals surface area contributed by atoms with Gasteiger partial charge in [0.05, 0.1) is 11.4 Å². The van der Waals surface area contributed by atoms with Crippen LogP contribution in [-0.4, -0.2) is 27.4 Å². The zero-order valence-corrected chi connectivity index (χ0v) is 14.7. The van der Waals surface area contributed by atoms with Crippen molar-refractivity contribution in [3.05, 3.63) is 51.9 Å². The molecule has 0 saturated heterocycles. The quantitative estimate of drug-likeness (QED) is 0.593. The fourth-order valence-corrected chi connectivity index (χ4v) is 3.14. The number of aromatic nitrogens is 2. The second-order valence-corrected chi connectivity index (χ2v) is 7.12. The van der Waals surface area contributed by atoms with Crippen LogP contribution in [0.25, 0.3) is 0 Å². The highest BCUT2D eigenvalue weighted by Crippen LogP contribution is 2.15. The molecule has 1 aromatic heterocycles. The molecule has 2 aromatic rings. The summed E-state index contributed by atoms with van der Waals surface area (Å²) in [6.45, 7) is 4.03. The van der Waals surface area contributed by atoms with Gasteiger partial charge >= 0.3 is 0 Å². The van der Waals surface area contributed by atoms with Crippen LogP contribution >= 0.6 is 23.5 Å². The molecule has 1 heterocycles. The predicted molar refractivity (Wildman–Crippen MR) is 97.2 cm³/mol. The Morgan fingerprint density at radius 3 is 2.91 bits per heavy atom. The number of aromatic amines is 1. The van der Waals surface area contributed by atoms with Gasteiger partial charge in [0.25, 0.3) is 5.56 Å². The van der Waals surface area contributed by atoms with Gasteiger partial charge in [-0.1, -0.05) is 30.8 Å². The Labute approximate surface area is 143 Å². The Kier molecular flexibility index (Phi) is 6.73. The van der Waals surface area contributed by atoms with Crippen LogP contribution in [0.4, 0.5) is 5.69 Å². The number of thioether (sulfide) groups is 2. The fourth-order valence-electron chi connectivity index (χ4n) is 1.89. The first-order chi connectivity index (χ1) is 11.1. The number of hydrogen-bond acceptors (Lipinski definition) is 5. The summed E-state index contributed by atoms with van der Waals surface area (Å²) in [4.78, 5) is 30.6. The first-order valence-electron chi connectivity index (χ1n) is 7.24. The van der Waals surface area contributed by atoms with Crippen LogP contribution in [0.5, 0.6) is 0 Å². The predicted octanol–water partition coefficient (Wildman–Crippen LogP) is 3.06. The molecular weight excluding hydrogens is 330 g/mol.